The number of benzene rings is 1. The van der Waals surface area contributed by atoms with Gasteiger partial charge in [0.2, 0.25) is 10.0 Å². The van der Waals surface area contributed by atoms with Crippen LogP contribution in [-0.4, -0.2) is 41.0 Å². The first-order valence-electron chi connectivity index (χ1n) is 5.53. The molecule has 0 spiro atoms. The Morgan fingerprint density at radius 3 is 2.40 bits per heavy atom. The van der Waals surface area contributed by atoms with Gasteiger partial charge in [0.05, 0.1) is 16.7 Å². The van der Waals surface area contributed by atoms with Crippen LogP contribution in [0.2, 0.25) is 0 Å². The van der Waals surface area contributed by atoms with Crippen LogP contribution in [0, 0.1) is 11.3 Å². The molecule has 9 heteroatoms. The van der Waals surface area contributed by atoms with E-state index in [-0.39, 0.29) is 28.4 Å². The molecular formula is C11H15N3O4S2. The second kappa shape index (κ2) is 5.78. The van der Waals surface area contributed by atoms with Crippen molar-refractivity contribution in [2.24, 2.45) is 0 Å². The van der Waals surface area contributed by atoms with Crippen LogP contribution >= 0.6 is 0 Å². The van der Waals surface area contributed by atoms with Gasteiger partial charge < -0.3 is 5.73 Å². The summed E-state index contributed by atoms with van der Waals surface area (Å²) in [6, 6.07) is 5.36. The lowest BCUT2D eigenvalue weighted by Crippen LogP contribution is -2.28. The maximum atomic E-state index is 12.3. The van der Waals surface area contributed by atoms with Gasteiger partial charge in [-0.15, -0.1) is 0 Å². The van der Waals surface area contributed by atoms with Crippen LogP contribution in [0.25, 0.3) is 0 Å². The summed E-state index contributed by atoms with van der Waals surface area (Å²) in [5, 5.41) is 8.48. The van der Waals surface area contributed by atoms with Gasteiger partial charge in [-0.2, -0.15) is 9.57 Å². The van der Waals surface area contributed by atoms with Gasteiger partial charge in [-0.1, -0.05) is 0 Å². The highest BCUT2D eigenvalue weighted by Crippen LogP contribution is 2.25. The Hall–Kier alpha value is -1.63. The van der Waals surface area contributed by atoms with E-state index in [1.54, 1.807) is 0 Å². The second-order valence-electron chi connectivity index (χ2n) is 4.21. The topological polar surface area (TPSA) is 121 Å². The minimum Gasteiger partial charge on any atom is -0.398 e. The molecule has 0 fully saturated rings. The summed E-state index contributed by atoms with van der Waals surface area (Å²) in [6.45, 7) is 0.00137. The summed E-state index contributed by atoms with van der Waals surface area (Å²) >= 11 is 0. The lowest BCUT2D eigenvalue weighted by molar-refractivity contribution is 0.476. The van der Waals surface area contributed by atoms with Crippen molar-refractivity contribution in [3.05, 3.63) is 18.2 Å². The Kier molecular flexibility index (Phi) is 4.75. The van der Waals surface area contributed by atoms with Crippen molar-refractivity contribution in [2.45, 2.75) is 16.2 Å². The fourth-order valence-electron chi connectivity index (χ4n) is 1.46. The molecule has 110 valence electrons. The number of hydrogen-bond donors (Lipinski definition) is 1. The molecule has 0 aliphatic heterocycles. The first kappa shape index (κ1) is 16.4. The van der Waals surface area contributed by atoms with Crippen LogP contribution < -0.4 is 5.73 Å². The molecule has 0 atom stereocenters. The molecule has 0 aliphatic carbocycles. The molecule has 0 radical (unpaired) electrons. The molecule has 0 bridgehead atoms. The van der Waals surface area contributed by atoms with Gasteiger partial charge in [0.1, 0.15) is 4.90 Å². The normalized spacial score (nSPS) is 12.3. The maximum Gasteiger partial charge on any atom is 0.244 e. The van der Waals surface area contributed by atoms with Crippen LogP contribution in [-0.2, 0) is 19.9 Å². The van der Waals surface area contributed by atoms with E-state index in [2.05, 4.69) is 0 Å². The summed E-state index contributed by atoms with van der Waals surface area (Å²) in [7, 11) is -6.16. The number of anilines is 1. The van der Waals surface area contributed by atoms with Crippen molar-refractivity contribution in [3.8, 4) is 6.07 Å². The molecule has 0 aromatic heterocycles. The molecule has 1 rings (SSSR count). The Morgan fingerprint density at radius 1 is 1.30 bits per heavy atom. The van der Waals surface area contributed by atoms with Crippen LogP contribution in [0.15, 0.2) is 28.0 Å². The molecule has 20 heavy (non-hydrogen) atoms. The molecule has 1 aromatic rings. The minimum absolute atomic E-state index is 0.00137. The summed E-state index contributed by atoms with van der Waals surface area (Å²) in [4.78, 5) is -0.403. The van der Waals surface area contributed by atoms with E-state index in [0.29, 0.717) is 0 Å². The SMILES string of the molecule is CN(CCC#N)S(=O)(=O)c1cc(S(C)(=O)=O)ccc1N. The van der Waals surface area contributed by atoms with E-state index >= 15 is 0 Å². The number of nitrogens with two attached hydrogens (primary N) is 1. The van der Waals surface area contributed by atoms with E-state index in [0.717, 1.165) is 16.6 Å². The number of nitriles is 1. The fourth-order valence-corrected chi connectivity index (χ4v) is 3.50. The van der Waals surface area contributed by atoms with E-state index < -0.39 is 19.9 Å². The smallest absolute Gasteiger partial charge is 0.244 e. The predicted octanol–water partition coefficient (Wildman–Crippen LogP) is 0.206. The zero-order chi connectivity index (χ0) is 15.6. The molecule has 0 heterocycles. The first-order valence-corrected chi connectivity index (χ1v) is 8.86. The molecule has 0 aliphatic rings. The third-order valence-corrected chi connectivity index (χ3v) is 5.66. The number of rotatable bonds is 5. The van der Waals surface area contributed by atoms with E-state index in [1.165, 1.54) is 19.2 Å². The van der Waals surface area contributed by atoms with E-state index in [9.17, 15) is 16.8 Å². The molecular weight excluding hydrogens is 302 g/mol. The zero-order valence-corrected chi connectivity index (χ0v) is 12.7. The quantitative estimate of drug-likeness (QED) is 0.775. The molecule has 0 amide bonds. The Bertz CT molecular complexity index is 748. The molecule has 0 saturated heterocycles. The predicted molar refractivity (Wildman–Crippen MR) is 74.0 cm³/mol. The summed E-state index contributed by atoms with van der Waals surface area (Å²) in [5.74, 6) is 0. The maximum absolute atomic E-state index is 12.3. The van der Waals surface area contributed by atoms with Gasteiger partial charge in [0, 0.05) is 26.3 Å². The highest BCUT2D eigenvalue weighted by molar-refractivity contribution is 7.91. The Balaban J connectivity index is 3.35. The fraction of sp³-hybridized carbons (Fsp3) is 0.364. The van der Waals surface area contributed by atoms with Crippen LogP contribution in [0.5, 0.6) is 0 Å². The van der Waals surface area contributed by atoms with E-state index in [1.807, 2.05) is 6.07 Å². The number of nitrogens with zero attached hydrogens (tertiary/aromatic N) is 2. The monoisotopic (exact) mass is 317 g/mol. The van der Waals surface area contributed by atoms with Crippen molar-refractivity contribution < 1.29 is 16.8 Å². The third-order valence-electron chi connectivity index (χ3n) is 2.64. The van der Waals surface area contributed by atoms with Crippen molar-refractivity contribution in [1.82, 2.24) is 4.31 Å². The zero-order valence-electron chi connectivity index (χ0n) is 11.1. The lowest BCUT2D eigenvalue weighted by Gasteiger charge is -2.17. The van der Waals surface area contributed by atoms with Crippen molar-refractivity contribution in [1.29, 1.82) is 5.26 Å². The van der Waals surface area contributed by atoms with Gasteiger partial charge >= 0.3 is 0 Å². The number of sulfonamides is 1. The Labute approximate surface area is 118 Å². The van der Waals surface area contributed by atoms with Crippen LogP contribution in [0.4, 0.5) is 5.69 Å². The lowest BCUT2D eigenvalue weighted by atomic mass is 10.3. The van der Waals surface area contributed by atoms with Gasteiger partial charge in [-0.25, -0.2) is 16.8 Å². The summed E-state index contributed by atoms with van der Waals surface area (Å²) < 4.78 is 48.5. The molecule has 7 nitrogen and oxygen atoms in total. The summed E-state index contributed by atoms with van der Waals surface area (Å²) in [6.07, 6.45) is 1.01. The van der Waals surface area contributed by atoms with Crippen molar-refractivity contribution >= 4 is 25.5 Å². The largest absolute Gasteiger partial charge is 0.398 e. The molecule has 0 unspecified atom stereocenters. The van der Waals surface area contributed by atoms with E-state index in [4.69, 9.17) is 11.0 Å². The standard InChI is InChI=1S/C11H15N3O4S2/c1-14(7-3-6-12)20(17,18)11-8-9(19(2,15)16)4-5-10(11)13/h4-5,8H,3,7,13H2,1-2H3. The first-order chi connectivity index (χ1) is 9.10. The van der Waals surface area contributed by atoms with Gasteiger partial charge in [0.25, 0.3) is 0 Å². The van der Waals surface area contributed by atoms with Crippen molar-refractivity contribution in [3.63, 3.8) is 0 Å². The average Bonchev–Trinajstić information content (AvgIpc) is 2.34. The Morgan fingerprint density at radius 2 is 1.90 bits per heavy atom. The second-order valence-corrected chi connectivity index (χ2v) is 8.24. The van der Waals surface area contributed by atoms with Crippen LogP contribution in [0.3, 0.4) is 0 Å². The van der Waals surface area contributed by atoms with Gasteiger partial charge in [-0.05, 0) is 18.2 Å². The molecule has 1 aromatic carbocycles. The highest BCUT2D eigenvalue weighted by Gasteiger charge is 2.24. The minimum atomic E-state index is -3.93. The molecule has 0 saturated carbocycles. The average molecular weight is 317 g/mol. The highest BCUT2D eigenvalue weighted by atomic mass is 32.2. The third kappa shape index (κ3) is 3.47. The number of nitrogen functional groups attached to an aromatic ring is 1. The van der Waals surface area contributed by atoms with Gasteiger partial charge in [-0.3, -0.25) is 0 Å². The molecule has 2 N–H and O–H groups in total. The summed E-state index contributed by atoms with van der Waals surface area (Å²) in [5.41, 5.74) is 5.58. The van der Waals surface area contributed by atoms with Crippen LogP contribution in [0.1, 0.15) is 6.42 Å². The number of sulfone groups is 1. The number of hydrogen-bond acceptors (Lipinski definition) is 6. The van der Waals surface area contributed by atoms with Crippen molar-refractivity contribution in [2.75, 3.05) is 25.6 Å². The van der Waals surface area contributed by atoms with Gasteiger partial charge in [0.15, 0.2) is 9.84 Å².